The minimum Gasteiger partial charge on any atom is -0.398 e. The number of halogens is 2. The van der Waals surface area contributed by atoms with Crippen molar-refractivity contribution >= 4 is 10.5 Å². The van der Waals surface area contributed by atoms with E-state index in [1.807, 2.05) is 0 Å². The first kappa shape index (κ1) is 6.04. The molecule has 4 heteroatoms. The van der Waals surface area contributed by atoms with Crippen LogP contribution in [0.15, 0.2) is 0 Å². The van der Waals surface area contributed by atoms with Crippen LogP contribution in [0.2, 0.25) is 0 Å². The van der Waals surface area contributed by atoms with Crippen LogP contribution in [-0.2, 0) is 4.43 Å². The second-order valence-electron chi connectivity index (χ2n) is 0.800. The van der Waals surface area contributed by atoms with Gasteiger partial charge >= 0.3 is 0 Å². The first-order chi connectivity index (χ1) is 2.81. The molecule has 0 rings (SSSR count). The summed E-state index contributed by atoms with van der Waals surface area (Å²) in [4.78, 5) is 0. The fourth-order valence-electron chi connectivity index (χ4n) is 0.0630. The minimum absolute atomic E-state index is 0.267. The molecule has 0 radical (unpaired) electrons. The van der Waals surface area contributed by atoms with E-state index in [1.165, 1.54) is 0 Å². The Labute approximate surface area is 37.8 Å². The third-order valence-electron chi connectivity index (χ3n) is 0.377. The minimum atomic E-state index is -1.67. The van der Waals surface area contributed by atoms with Gasteiger partial charge in [-0.05, 0) is 0 Å². The van der Waals surface area contributed by atoms with Crippen LogP contribution in [-0.4, -0.2) is 23.5 Å². The SMILES string of the molecule is FCC(F)O[SiH3]. The van der Waals surface area contributed by atoms with Crippen LogP contribution >= 0.6 is 0 Å². The highest BCUT2D eigenvalue weighted by Gasteiger charge is 1.96. The molecular weight excluding hydrogens is 106 g/mol. The van der Waals surface area contributed by atoms with E-state index in [-0.39, 0.29) is 10.5 Å². The summed E-state index contributed by atoms with van der Waals surface area (Å²) in [6, 6.07) is 0. The average Bonchev–Trinajstić information content (AvgIpc) is 1.65. The van der Waals surface area contributed by atoms with Crippen molar-refractivity contribution in [3.05, 3.63) is 0 Å². The molecule has 0 N–H and O–H groups in total. The largest absolute Gasteiger partial charge is 0.398 e. The molecule has 0 saturated carbocycles. The fourth-order valence-corrected chi connectivity index (χ4v) is 0.189. The van der Waals surface area contributed by atoms with Gasteiger partial charge in [-0.25, -0.2) is 8.78 Å². The first-order valence-corrected chi connectivity index (χ1v) is 2.35. The number of hydrogen-bond acceptors (Lipinski definition) is 1. The van der Waals surface area contributed by atoms with E-state index in [4.69, 9.17) is 0 Å². The topological polar surface area (TPSA) is 9.23 Å². The zero-order valence-corrected chi connectivity index (χ0v) is 5.45. The van der Waals surface area contributed by atoms with Gasteiger partial charge in [0.1, 0.15) is 17.2 Å². The van der Waals surface area contributed by atoms with E-state index in [0.29, 0.717) is 0 Å². The van der Waals surface area contributed by atoms with Gasteiger partial charge in [-0.2, -0.15) is 0 Å². The molecule has 0 aliphatic rings. The van der Waals surface area contributed by atoms with Crippen molar-refractivity contribution in [3.8, 4) is 0 Å². The van der Waals surface area contributed by atoms with E-state index >= 15 is 0 Å². The zero-order valence-electron chi connectivity index (χ0n) is 3.45. The van der Waals surface area contributed by atoms with Gasteiger partial charge in [0.15, 0.2) is 0 Å². The van der Waals surface area contributed by atoms with Crippen molar-refractivity contribution in [1.82, 2.24) is 0 Å². The second kappa shape index (κ2) is 3.24. The summed E-state index contributed by atoms with van der Waals surface area (Å²) in [5.74, 6) is 0. The lowest BCUT2D eigenvalue weighted by Gasteiger charge is -1.95. The standard InChI is InChI=1S/C2H6F2OSi/c3-1-2(4)5-6/h2H,1H2,6H3. The van der Waals surface area contributed by atoms with Crippen molar-refractivity contribution < 1.29 is 13.2 Å². The maximum Gasteiger partial charge on any atom is 0.217 e. The average molecular weight is 112 g/mol. The maximum absolute atomic E-state index is 11.3. The Balaban J connectivity index is 2.75. The highest BCUT2D eigenvalue weighted by Crippen LogP contribution is 1.87. The van der Waals surface area contributed by atoms with Crippen LogP contribution in [0.5, 0.6) is 0 Å². The third kappa shape index (κ3) is 2.28. The molecule has 0 aromatic carbocycles. The summed E-state index contributed by atoms with van der Waals surface area (Å²) < 4.78 is 26.2. The summed E-state index contributed by atoms with van der Waals surface area (Å²) in [5, 5.41) is 0. The summed E-state index contributed by atoms with van der Waals surface area (Å²) in [7, 11) is 0.267. The van der Waals surface area contributed by atoms with E-state index in [9.17, 15) is 8.78 Å². The predicted octanol–water partition coefficient (Wildman–Crippen LogP) is -0.451. The van der Waals surface area contributed by atoms with Gasteiger partial charge in [-0.1, -0.05) is 0 Å². The normalized spacial score (nSPS) is 15.0. The van der Waals surface area contributed by atoms with E-state index in [2.05, 4.69) is 4.43 Å². The van der Waals surface area contributed by atoms with Gasteiger partial charge in [0.05, 0.1) is 0 Å². The van der Waals surface area contributed by atoms with Gasteiger partial charge in [0.25, 0.3) is 0 Å². The number of alkyl halides is 2. The quantitative estimate of drug-likeness (QED) is 0.439. The summed E-state index contributed by atoms with van der Waals surface area (Å²) in [5.41, 5.74) is 0. The molecule has 1 atom stereocenters. The molecule has 0 heterocycles. The van der Waals surface area contributed by atoms with Gasteiger partial charge in [0.2, 0.25) is 6.36 Å². The highest BCUT2D eigenvalue weighted by atomic mass is 28.2. The van der Waals surface area contributed by atoms with Crippen LogP contribution < -0.4 is 0 Å². The maximum atomic E-state index is 11.3. The Morgan fingerprint density at radius 1 is 1.83 bits per heavy atom. The van der Waals surface area contributed by atoms with E-state index in [1.54, 1.807) is 0 Å². The molecule has 38 valence electrons. The Hall–Kier alpha value is 0.0369. The van der Waals surface area contributed by atoms with Crippen LogP contribution in [0, 0.1) is 0 Å². The molecule has 0 amide bonds. The van der Waals surface area contributed by atoms with E-state index < -0.39 is 13.0 Å². The van der Waals surface area contributed by atoms with Gasteiger partial charge < -0.3 is 4.43 Å². The lowest BCUT2D eigenvalue weighted by atomic mass is 10.8. The Bertz CT molecular complexity index is 30.7. The lowest BCUT2D eigenvalue weighted by molar-refractivity contribution is 0.0518. The van der Waals surface area contributed by atoms with Crippen LogP contribution in [0.1, 0.15) is 0 Å². The fraction of sp³-hybridized carbons (Fsp3) is 1.00. The molecule has 0 aromatic rings. The van der Waals surface area contributed by atoms with E-state index in [0.717, 1.165) is 0 Å². The molecule has 0 fully saturated rings. The van der Waals surface area contributed by atoms with Gasteiger partial charge in [0, 0.05) is 0 Å². The van der Waals surface area contributed by atoms with Gasteiger partial charge in [-0.3, -0.25) is 0 Å². The molecule has 1 unspecified atom stereocenters. The van der Waals surface area contributed by atoms with Crippen molar-refractivity contribution in [2.45, 2.75) is 6.36 Å². The Morgan fingerprint density at radius 3 is 2.33 bits per heavy atom. The summed E-state index contributed by atoms with van der Waals surface area (Å²) in [6.45, 7) is -1.02. The number of rotatable bonds is 2. The molecule has 0 spiro atoms. The molecule has 0 aromatic heterocycles. The molecule has 1 nitrogen and oxygen atoms in total. The zero-order chi connectivity index (χ0) is 4.99. The van der Waals surface area contributed by atoms with Crippen molar-refractivity contribution in [2.24, 2.45) is 0 Å². The highest BCUT2D eigenvalue weighted by molar-refractivity contribution is 5.98. The van der Waals surface area contributed by atoms with Crippen LogP contribution in [0.3, 0.4) is 0 Å². The summed E-state index contributed by atoms with van der Waals surface area (Å²) in [6.07, 6.45) is -1.67. The molecular formula is C2H6F2OSi. The van der Waals surface area contributed by atoms with Crippen molar-refractivity contribution in [2.75, 3.05) is 6.67 Å². The van der Waals surface area contributed by atoms with Gasteiger partial charge in [-0.15, -0.1) is 0 Å². The van der Waals surface area contributed by atoms with Crippen molar-refractivity contribution in [3.63, 3.8) is 0 Å². The first-order valence-electron chi connectivity index (χ1n) is 1.54. The lowest BCUT2D eigenvalue weighted by Crippen LogP contribution is -2.04. The molecule has 0 saturated heterocycles. The molecule has 0 aliphatic carbocycles. The number of hydrogen-bond donors (Lipinski definition) is 0. The monoisotopic (exact) mass is 112 g/mol. The van der Waals surface area contributed by atoms with Crippen LogP contribution in [0.4, 0.5) is 8.78 Å². The predicted molar refractivity (Wildman–Crippen MR) is 21.9 cm³/mol. The summed E-state index contributed by atoms with van der Waals surface area (Å²) >= 11 is 0. The van der Waals surface area contributed by atoms with Crippen LogP contribution in [0.25, 0.3) is 0 Å². The third-order valence-corrected chi connectivity index (χ3v) is 0.889. The Kier molecular flexibility index (Phi) is 3.26. The Morgan fingerprint density at radius 2 is 2.33 bits per heavy atom. The van der Waals surface area contributed by atoms with Crippen molar-refractivity contribution in [1.29, 1.82) is 0 Å². The molecule has 6 heavy (non-hydrogen) atoms. The molecule has 0 aliphatic heterocycles. The smallest absolute Gasteiger partial charge is 0.217 e. The molecule has 0 bridgehead atoms. The second-order valence-corrected chi connectivity index (χ2v) is 1.27.